The van der Waals surface area contributed by atoms with Crippen LogP contribution < -0.4 is 0 Å². The number of hydrogen-bond donors (Lipinski definition) is 1. The van der Waals surface area contributed by atoms with Crippen molar-refractivity contribution in [3.05, 3.63) is 52.9 Å². The van der Waals surface area contributed by atoms with Gasteiger partial charge in [-0.2, -0.15) is 5.10 Å². The molecule has 0 spiro atoms. The summed E-state index contributed by atoms with van der Waals surface area (Å²) in [5.74, 6) is -1.55. The molecule has 0 unspecified atom stereocenters. The summed E-state index contributed by atoms with van der Waals surface area (Å²) in [5, 5.41) is 6.95. The first kappa shape index (κ1) is 16.9. The van der Waals surface area contributed by atoms with E-state index >= 15 is 0 Å². The number of likely N-dealkylation sites (tertiary alicyclic amines) is 1. The summed E-state index contributed by atoms with van der Waals surface area (Å²) in [4.78, 5) is 17.4. The van der Waals surface area contributed by atoms with Crippen LogP contribution in [0.2, 0.25) is 0 Å². The molecule has 4 saturated heterocycles. The molecule has 7 heteroatoms. The molecule has 0 radical (unpaired) electrons. The molecule has 0 aliphatic carbocycles. The second kappa shape index (κ2) is 6.12. The molecular weight excluding hydrogens is 350 g/mol. The number of halogens is 2. The van der Waals surface area contributed by atoms with Crippen LogP contribution >= 0.6 is 0 Å². The Labute approximate surface area is 156 Å². The number of hydrogen-bond acceptors (Lipinski definition) is 3. The van der Waals surface area contributed by atoms with Crippen LogP contribution in [0.15, 0.2) is 24.3 Å². The van der Waals surface area contributed by atoms with Crippen LogP contribution in [-0.2, 0) is 0 Å². The molecule has 1 N–H and O–H groups in total. The monoisotopic (exact) mass is 372 g/mol. The van der Waals surface area contributed by atoms with Gasteiger partial charge in [-0.3, -0.25) is 14.8 Å². The molecule has 5 nitrogen and oxygen atoms in total. The maximum Gasteiger partial charge on any atom is 0.274 e. The maximum atomic E-state index is 14.6. The highest BCUT2D eigenvalue weighted by molar-refractivity contribution is 5.93. The van der Waals surface area contributed by atoms with Gasteiger partial charge in [0.05, 0.1) is 6.04 Å². The maximum absolute atomic E-state index is 14.6. The molecule has 5 heterocycles. The van der Waals surface area contributed by atoms with Crippen molar-refractivity contribution in [3.63, 3.8) is 0 Å². The van der Waals surface area contributed by atoms with Gasteiger partial charge in [0.1, 0.15) is 5.69 Å². The Balaban J connectivity index is 1.56. The molecule has 0 saturated carbocycles. The van der Waals surface area contributed by atoms with Gasteiger partial charge >= 0.3 is 0 Å². The third-order valence-electron chi connectivity index (χ3n) is 6.56. The van der Waals surface area contributed by atoms with Crippen molar-refractivity contribution in [2.75, 3.05) is 19.6 Å². The van der Waals surface area contributed by atoms with Gasteiger partial charge in [-0.15, -0.1) is 0 Å². The number of aromatic amines is 1. The molecular formula is C20H22F2N4O. The predicted octanol–water partition coefficient (Wildman–Crippen LogP) is 2.70. The minimum atomic E-state index is -0.826. The van der Waals surface area contributed by atoms with Gasteiger partial charge in [0.2, 0.25) is 0 Å². The molecule has 2 bridgehead atoms. The van der Waals surface area contributed by atoms with Crippen molar-refractivity contribution in [2.45, 2.75) is 37.8 Å². The number of amides is 1. The van der Waals surface area contributed by atoms with E-state index in [-0.39, 0.29) is 23.9 Å². The fourth-order valence-corrected chi connectivity index (χ4v) is 5.41. The minimum absolute atomic E-state index is 0.0321. The average molecular weight is 372 g/mol. The highest BCUT2D eigenvalue weighted by Gasteiger charge is 2.55. The number of carbonyl (C=O) groups excluding carboxylic acids is 1. The Morgan fingerprint density at radius 3 is 2.70 bits per heavy atom. The van der Waals surface area contributed by atoms with Gasteiger partial charge in [-0.25, -0.2) is 8.78 Å². The summed E-state index contributed by atoms with van der Waals surface area (Å²) < 4.78 is 28.5. The number of aryl methyl sites for hydroxylation is 1. The molecule has 2 aromatic rings. The number of carbonyl (C=O) groups is 1. The minimum Gasteiger partial charge on any atom is -0.332 e. The van der Waals surface area contributed by atoms with E-state index < -0.39 is 11.6 Å². The quantitative estimate of drug-likeness (QED) is 0.882. The summed E-state index contributed by atoms with van der Waals surface area (Å²) >= 11 is 0. The summed E-state index contributed by atoms with van der Waals surface area (Å²) in [6.07, 6.45) is 2.09. The Bertz CT molecular complexity index is 890. The van der Waals surface area contributed by atoms with E-state index in [1.807, 2.05) is 11.8 Å². The van der Waals surface area contributed by atoms with Crippen molar-refractivity contribution in [1.82, 2.24) is 20.0 Å². The van der Waals surface area contributed by atoms with Crippen molar-refractivity contribution in [2.24, 2.45) is 5.92 Å². The van der Waals surface area contributed by atoms with Gasteiger partial charge in [0.25, 0.3) is 5.91 Å². The second-order valence-corrected chi connectivity index (χ2v) is 8.00. The molecule has 1 aromatic heterocycles. The largest absolute Gasteiger partial charge is 0.332 e. The summed E-state index contributed by atoms with van der Waals surface area (Å²) in [6, 6.07) is 6.18. The molecule has 1 aromatic carbocycles. The van der Waals surface area contributed by atoms with Gasteiger partial charge in [0, 0.05) is 24.2 Å². The molecule has 4 aliphatic rings. The normalized spacial score (nSPS) is 32.0. The number of benzene rings is 1. The lowest BCUT2D eigenvalue weighted by molar-refractivity contribution is -0.00376. The SMILES string of the molecule is Cc1cc(C(=O)N2C[C@H](c3cccc(F)c3F)[C@@H]3[C@H]2C2CCN3CC2)n[nH]1. The highest BCUT2D eigenvalue weighted by Crippen LogP contribution is 2.47. The van der Waals surface area contributed by atoms with Crippen LogP contribution in [0.4, 0.5) is 8.78 Å². The van der Waals surface area contributed by atoms with Crippen LogP contribution in [-0.4, -0.2) is 57.6 Å². The summed E-state index contributed by atoms with van der Waals surface area (Å²) in [6.45, 7) is 4.18. The van der Waals surface area contributed by atoms with Crippen LogP contribution in [0.5, 0.6) is 0 Å². The molecule has 6 rings (SSSR count). The predicted molar refractivity (Wildman–Crippen MR) is 95.3 cm³/mol. The van der Waals surface area contributed by atoms with Gasteiger partial charge < -0.3 is 4.90 Å². The van der Waals surface area contributed by atoms with E-state index in [2.05, 4.69) is 15.1 Å². The lowest BCUT2D eigenvalue weighted by Gasteiger charge is -2.51. The number of H-pyrrole nitrogens is 1. The van der Waals surface area contributed by atoms with Crippen LogP contribution in [0, 0.1) is 24.5 Å². The average Bonchev–Trinajstić information content (AvgIpc) is 3.30. The number of rotatable bonds is 2. The first-order valence-electron chi connectivity index (χ1n) is 9.55. The zero-order chi connectivity index (χ0) is 18.7. The highest BCUT2D eigenvalue weighted by atomic mass is 19.2. The zero-order valence-electron chi connectivity index (χ0n) is 15.2. The van der Waals surface area contributed by atoms with Crippen LogP contribution in [0.3, 0.4) is 0 Å². The topological polar surface area (TPSA) is 52.2 Å². The summed E-state index contributed by atoms with van der Waals surface area (Å²) in [5.41, 5.74) is 1.60. The van der Waals surface area contributed by atoms with Crippen molar-refractivity contribution in [1.29, 1.82) is 0 Å². The first-order chi connectivity index (χ1) is 13.0. The lowest BCUT2D eigenvalue weighted by Crippen LogP contribution is -2.60. The van der Waals surface area contributed by atoms with E-state index in [1.54, 1.807) is 18.2 Å². The molecule has 4 fully saturated rings. The number of nitrogens with zero attached hydrogens (tertiary/aromatic N) is 3. The zero-order valence-corrected chi connectivity index (χ0v) is 15.2. The fourth-order valence-electron chi connectivity index (χ4n) is 5.41. The van der Waals surface area contributed by atoms with E-state index in [4.69, 9.17) is 0 Å². The van der Waals surface area contributed by atoms with Crippen LogP contribution in [0.1, 0.15) is 40.5 Å². The molecule has 1 amide bonds. The van der Waals surface area contributed by atoms with E-state index in [0.717, 1.165) is 37.7 Å². The third kappa shape index (κ3) is 2.51. The first-order valence-corrected chi connectivity index (χ1v) is 9.55. The van der Waals surface area contributed by atoms with E-state index in [0.29, 0.717) is 23.7 Å². The smallest absolute Gasteiger partial charge is 0.274 e. The van der Waals surface area contributed by atoms with Crippen molar-refractivity contribution >= 4 is 5.91 Å². The van der Waals surface area contributed by atoms with Gasteiger partial charge in [0.15, 0.2) is 11.6 Å². The second-order valence-electron chi connectivity index (χ2n) is 8.00. The molecule has 27 heavy (non-hydrogen) atoms. The number of aromatic nitrogens is 2. The number of nitrogens with one attached hydrogen (secondary N) is 1. The Hall–Kier alpha value is -2.28. The Kier molecular flexibility index (Phi) is 3.82. The fraction of sp³-hybridized carbons (Fsp3) is 0.500. The molecule has 142 valence electrons. The van der Waals surface area contributed by atoms with Crippen molar-refractivity contribution in [3.8, 4) is 0 Å². The van der Waals surface area contributed by atoms with E-state index in [9.17, 15) is 13.6 Å². The number of fused-ring (bicyclic) bond motifs is 2. The van der Waals surface area contributed by atoms with Crippen molar-refractivity contribution < 1.29 is 13.6 Å². The standard InChI is InChI=1S/C20H22F2N4O/c1-11-9-16(24-23-11)20(27)26-10-14(13-3-2-4-15(21)17(13)22)19-18(26)12-5-7-25(19)8-6-12/h2-4,9,12,14,18-19H,5-8,10H2,1H3,(H,23,24)/t14-,18-,19-/m1/s1. The van der Waals surface area contributed by atoms with Crippen LogP contribution in [0.25, 0.3) is 0 Å². The molecule has 4 aliphatic heterocycles. The van der Waals surface area contributed by atoms with E-state index in [1.165, 1.54) is 0 Å². The Morgan fingerprint density at radius 2 is 2.00 bits per heavy atom. The lowest BCUT2D eigenvalue weighted by atomic mass is 9.75. The third-order valence-corrected chi connectivity index (χ3v) is 6.56. The van der Waals surface area contributed by atoms with Gasteiger partial charge in [-0.1, -0.05) is 12.1 Å². The number of piperidine rings is 3. The van der Waals surface area contributed by atoms with Gasteiger partial charge in [-0.05, 0) is 56.5 Å². The summed E-state index contributed by atoms with van der Waals surface area (Å²) in [7, 11) is 0. The Morgan fingerprint density at radius 1 is 1.22 bits per heavy atom. The molecule has 3 atom stereocenters.